The summed E-state index contributed by atoms with van der Waals surface area (Å²) in [6.45, 7) is 2.86. The number of hydrogen-bond donors (Lipinski definition) is 1. The third-order valence-corrected chi connectivity index (χ3v) is 3.87. The molecule has 0 aliphatic carbocycles. The lowest BCUT2D eigenvalue weighted by Gasteiger charge is -2.29. The van der Waals surface area contributed by atoms with E-state index in [9.17, 15) is 9.59 Å². The van der Waals surface area contributed by atoms with Crippen molar-refractivity contribution in [2.24, 2.45) is 5.92 Å². The van der Waals surface area contributed by atoms with E-state index in [1.54, 1.807) is 18.1 Å². The normalized spacial score (nSPS) is 18.5. The lowest BCUT2D eigenvalue weighted by molar-refractivity contribution is -0.144. The number of amides is 1. The Hall–Kier alpha value is -2.30. The number of ether oxygens (including phenoxy) is 1. The van der Waals surface area contributed by atoms with E-state index in [2.05, 4.69) is 0 Å². The second-order valence-corrected chi connectivity index (χ2v) is 5.54. The topological polar surface area (TPSA) is 66.8 Å². The molecule has 0 saturated carbocycles. The molecule has 1 saturated heterocycles. The Morgan fingerprint density at radius 2 is 2.18 bits per heavy atom. The Morgan fingerprint density at radius 3 is 2.86 bits per heavy atom. The minimum absolute atomic E-state index is 0.158. The van der Waals surface area contributed by atoms with Crippen molar-refractivity contribution in [1.29, 1.82) is 0 Å². The fourth-order valence-electron chi connectivity index (χ4n) is 2.63. The number of hydrogen-bond acceptors (Lipinski definition) is 3. The summed E-state index contributed by atoms with van der Waals surface area (Å²) in [6.07, 6.45) is 4.57. The second kappa shape index (κ2) is 7.11. The zero-order valence-electron chi connectivity index (χ0n) is 12.9. The fraction of sp³-hybridized carbons (Fsp3) is 0.412. The van der Waals surface area contributed by atoms with Gasteiger partial charge in [0.1, 0.15) is 5.75 Å². The molecule has 22 heavy (non-hydrogen) atoms. The first kappa shape index (κ1) is 16.1. The largest absolute Gasteiger partial charge is 0.496 e. The van der Waals surface area contributed by atoms with Gasteiger partial charge in [-0.1, -0.05) is 11.6 Å². The smallest absolute Gasteiger partial charge is 0.308 e. The summed E-state index contributed by atoms with van der Waals surface area (Å²) in [6, 6.07) is 5.75. The first-order chi connectivity index (χ1) is 10.5. The molecular formula is C17H21NO4. The maximum Gasteiger partial charge on any atom is 0.308 e. The van der Waals surface area contributed by atoms with Gasteiger partial charge in [0.05, 0.1) is 13.0 Å². The number of piperidine rings is 1. The zero-order chi connectivity index (χ0) is 16.1. The minimum Gasteiger partial charge on any atom is -0.496 e. The van der Waals surface area contributed by atoms with Crippen LogP contribution in [0.2, 0.25) is 0 Å². The average molecular weight is 303 g/mol. The summed E-state index contributed by atoms with van der Waals surface area (Å²) in [4.78, 5) is 24.9. The molecule has 1 aromatic carbocycles. The van der Waals surface area contributed by atoms with Crippen LogP contribution in [-0.4, -0.2) is 42.1 Å². The van der Waals surface area contributed by atoms with Crippen molar-refractivity contribution >= 4 is 18.0 Å². The quantitative estimate of drug-likeness (QED) is 0.867. The number of nitrogens with zero attached hydrogens (tertiary/aromatic N) is 1. The van der Waals surface area contributed by atoms with Crippen LogP contribution in [0.25, 0.3) is 6.08 Å². The van der Waals surface area contributed by atoms with E-state index in [4.69, 9.17) is 9.84 Å². The molecular weight excluding hydrogens is 282 g/mol. The van der Waals surface area contributed by atoms with Gasteiger partial charge in [0.25, 0.3) is 0 Å². The Morgan fingerprint density at radius 1 is 1.41 bits per heavy atom. The summed E-state index contributed by atoms with van der Waals surface area (Å²) < 4.78 is 5.27. The Bertz CT molecular complexity index is 594. The summed E-state index contributed by atoms with van der Waals surface area (Å²) >= 11 is 0. The van der Waals surface area contributed by atoms with E-state index in [0.29, 0.717) is 18.7 Å². The molecule has 0 aromatic heterocycles. The van der Waals surface area contributed by atoms with Crippen molar-refractivity contribution in [1.82, 2.24) is 4.90 Å². The van der Waals surface area contributed by atoms with E-state index in [0.717, 1.165) is 17.5 Å². The molecule has 5 nitrogen and oxygen atoms in total. The lowest BCUT2D eigenvalue weighted by Crippen LogP contribution is -2.41. The maximum atomic E-state index is 12.2. The van der Waals surface area contributed by atoms with Crippen LogP contribution in [0.1, 0.15) is 24.0 Å². The third kappa shape index (κ3) is 3.87. The van der Waals surface area contributed by atoms with Crippen LogP contribution >= 0.6 is 0 Å². The second-order valence-electron chi connectivity index (χ2n) is 5.54. The zero-order valence-corrected chi connectivity index (χ0v) is 12.9. The number of carboxylic acids is 1. The highest BCUT2D eigenvalue weighted by Gasteiger charge is 2.27. The number of methoxy groups -OCH3 is 1. The molecule has 1 fully saturated rings. The highest BCUT2D eigenvalue weighted by atomic mass is 16.5. The van der Waals surface area contributed by atoms with Gasteiger partial charge >= 0.3 is 5.97 Å². The number of aryl methyl sites for hydroxylation is 1. The van der Waals surface area contributed by atoms with Crippen LogP contribution in [0.3, 0.4) is 0 Å². The van der Waals surface area contributed by atoms with Crippen molar-refractivity contribution in [2.75, 3.05) is 20.2 Å². The van der Waals surface area contributed by atoms with E-state index >= 15 is 0 Å². The summed E-state index contributed by atoms with van der Waals surface area (Å²) in [7, 11) is 1.59. The molecule has 1 unspecified atom stereocenters. The Labute approximate surface area is 130 Å². The maximum absolute atomic E-state index is 12.2. The predicted octanol–water partition coefficient (Wildman–Crippen LogP) is 2.34. The number of likely N-dealkylation sites (tertiary alicyclic amines) is 1. The van der Waals surface area contributed by atoms with Crippen LogP contribution in [0.5, 0.6) is 5.75 Å². The van der Waals surface area contributed by atoms with Gasteiger partial charge in [0.2, 0.25) is 5.91 Å². The molecule has 1 amide bonds. The molecule has 1 atom stereocenters. The standard InChI is InChI=1S/C17H21NO4/c1-12-5-7-15(22-2)13(10-12)6-8-16(19)18-9-3-4-14(11-18)17(20)21/h5-8,10,14H,3-4,9,11H2,1-2H3,(H,20,21)/b8-6+. The van der Waals surface area contributed by atoms with E-state index in [-0.39, 0.29) is 12.5 Å². The SMILES string of the molecule is COc1ccc(C)cc1/C=C/C(=O)N1CCCC(C(=O)O)C1. The Balaban J connectivity index is 2.08. The van der Waals surface area contributed by atoms with Gasteiger partial charge in [0, 0.05) is 24.7 Å². The first-order valence-corrected chi connectivity index (χ1v) is 7.35. The summed E-state index contributed by atoms with van der Waals surface area (Å²) in [5.41, 5.74) is 1.92. The van der Waals surface area contributed by atoms with Crippen molar-refractivity contribution in [3.8, 4) is 5.75 Å². The monoisotopic (exact) mass is 303 g/mol. The summed E-state index contributed by atoms with van der Waals surface area (Å²) in [5.74, 6) is -0.743. The number of rotatable bonds is 4. The van der Waals surface area contributed by atoms with E-state index < -0.39 is 11.9 Å². The molecule has 0 radical (unpaired) electrons. The van der Waals surface area contributed by atoms with Gasteiger partial charge in [-0.2, -0.15) is 0 Å². The van der Waals surface area contributed by atoms with Gasteiger partial charge in [0.15, 0.2) is 0 Å². The molecule has 2 rings (SSSR count). The van der Waals surface area contributed by atoms with E-state index in [1.807, 2.05) is 25.1 Å². The van der Waals surface area contributed by atoms with Crippen LogP contribution in [-0.2, 0) is 9.59 Å². The predicted molar refractivity (Wildman–Crippen MR) is 83.7 cm³/mol. The number of carboxylic acid groups (broad SMARTS) is 1. The molecule has 118 valence electrons. The molecule has 1 aromatic rings. The number of benzene rings is 1. The number of carbonyl (C=O) groups is 2. The van der Waals surface area contributed by atoms with Gasteiger partial charge in [-0.25, -0.2) is 0 Å². The van der Waals surface area contributed by atoms with Crippen LogP contribution in [0.4, 0.5) is 0 Å². The molecule has 1 N–H and O–H groups in total. The molecule has 0 spiro atoms. The number of aliphatic carboxylic acids is 1. The molecule has 1 aliphatic rings. The number of carbonyl (C=O) groups excluding carboxylic acids is 1. The summed E-state index contributed by atoms with van der Waals surface area (Å²) in [5, 5.41) is 9.07. The fourth-order valence-corrected chi connectivity index (χ4v) is 2.63. The van der Waals surface area contributed by atoms with Crippen molar-refractivity contribution in [2.45, 2.75) is 19.8 Å². The molecule has 5 heteroatoms. The Kier molecular flexibility index (Phi) is 5.20. The van der Waals surface area contributed by atoms with Crippen LogP contribution in [0, 0.1) is 12.8 Å². The third-order valence-electron chi connectivity index (χ3n) is 3.87. The van der Waals surface area contributed by atoms with Gasteiger partial charge < -0.3 is 14.7 Å². The van der Waals surface area contributed by atoms with Gasteiger partial charge in [-0.05, 0) is 38.0 Å². The first-order valence-electron chi connectivity index (χ1n) is 7.35. The van der Waals surface area contributed by atoms with Crippen molar-refractivity contribution < 1.29 is 19.4 Å². The molecule has 0 bridgehead atoms. The highest BCUT2D eigenvalue weighted by molar-refractivity contribution is 5.92. The van der Waals surface area contributed by atoms with Gasteiger partial charge in [-0.3, -0.25) is 9.59 Å². The molecule has 1 aliphatic heterocycles. The minimum atomic E-state index is -0.832. The van der Waals surface area contributed by atoms with Gasteiger partial charge in [-0.15, -0.1) is 0 Å². The average Bonchev–Trinajstić information content (AvgIpc) is 2.52. The van der Waals surface area contributed by atoms with Crippen LogP contribution < -0.4 is 4.74 Å². The van der Waals surface area contributed by atoms with E-state index in [1.165, 1.54) is 6.08 Å². The van der Waals surface area contributed by atoms with Crippen LogP contribution in [0.15, 0.2) is 24.3 Å². The van der Waals surface area contributed by atoms with Crippen molar-refractivity contribution in [3.63, 3.8) is 0 Å². The lowest BCUT2D eigenvalue weighted by atomic mass is 9.98. The molecule has 1 heterocycles. The highest BCUT2D eigenvalue weighted by Crippen LogP contribution is 2.22. The van der Waals surface area contributed by atoms with Crippen molar-refractivity contribution in [3.05, 3.63) is 35.4 Å².